The topological polar surface area (TPSA) is 119 Å². The van der Waals surface area contributed by atoms with Gasteiger partial charge in [0.05, 0.1) is 17.8 Å². The summed E-state index contributed by atoms with van der Waals surface area (Å²) in [4.78, 5) is 53.2. The van der Waals surface area contributed by atoms with Crippen molar-refractivity contribution in [3.05, 3.63) is 83.4 Å². The van der Waals surface area contributed by atoms with Gasteiger partial charge in [0.1, 0.15) is 6.04 Å². The molecule has 4 rings (SSSR count). The van der Waals surface area contributed by atoms with Gasteiger partial charge in [-0.05, 0) is 48.5 Å². The van der Waals surface area contributed by atoms with E-state index in [-0.39, 0.29) is 5.56 Å². The molecule has 1 aliphatic rings. The highest BCUT2D eigenvalue weighted by Gasteiger charge is 2.30. The predicted octanol–water partition coefficient (Wildman–Crippen LogP) is 3.69. The summed E-state index contributed by atoms with van der Waals surface area (Å²) in [5.74, 6) is -2.87. The molecule has 1 atom stereocenters. The maximum absolute atomic E-state index is 13.2. The molecule has 0 fully saturated rings. The maximum Gasteiger partial charge on any atom is 0.329 e. The molecule has 0 saturated heterocycles. The van der Waals surface area contributed by atoms with Crippen LogP contribution in [0.5, 0.6) is 0 Å². The molecule has 178 valence electrons. The summed E-state index contributed by atoms with van der Waals surface area (Å²) < 4.78 is 5.23. The minimum absolute atomic E-state index is 0.228. The van der Waals surface area contributed by atoms with Crippen molar-refractivity contribution in [2.45, 2.75) is 22.3 Å². The lowest BCUT2D eigenvalue weighted by Gasteiger charge is -2.31. The molecule has 1 heterocycles. The fourth-order valence-corrected chi connectivity index (χ4v) is 4.69. The van der Waals surface area contributed by atoms with E-state index < -0.39 is 42.8 Å². The Morgan fingerprint density at radius 2 is 1.49 bits per heavy atom. The second-order valence-electron chi connectivity index (χ2n) is 7.58. The van der Waals surface area contributed by atoms with Gasteiger partial charge in [0.2, 0.25) is 5.91 Å². The summed E-state index contributed by atoms with van der Waals surface area (Å²) in [6.45, 7) is -0.599. The average molecular weight is 510 g/mol. The summed E-state index contributed by atoms with van der Waals surface area (Å²) in [6, 6.07) is 19.4. The first-order valence-corrected chi connectivity index (χ1v) is 11.7. The molecule has 3 aromatic rings. The van der Waals surface area contributed by atoms with Crippen LogP contribution in [0.25, 0.3) is 0 Å². The number of carbonyl (C=O) groups excluding carboxylic acids is 4. The molecule has 1 aliphatic heterocycles. The Bertz CT molecular complexity index is 1250. The second kappa shape index (κ2) is 10.6. The summed E-state index contributed by atoms with van der Waals surface area (Å²) in [5, 5.41) is 2.87. The molecular formula is C25H20ClN3O5S. The lowest BCUT2D eigenvalue weighted by atomic mass is 10.1. The molecule has 0 bridgehead atoms. The number of halogens is 1. The first-order valence-electron chi connectivity index (χ1n) is 10.5. The van der Waals surface area contributed by atoms with Gasteiger partial charge in [-0.25, -0.2) is 4.79 Å². The van der Waals surface area contributed by atoms with Crippen LogP contribution in [0.15, 0.2) is 82.6 Å². The molecule has 0 aromatic heterocycles. The van der Waals surface area contributed by atoms with Crippen LogP contribution in [0, 0.1) is 0 Å². The van der Waals surface area contributed by atoms with E-state index in [1.54, 1.807) is 12.1 Å². The molecule has 0 radical (unpaired) electrons. The first kappa shape index (κ1) is 24.3. The van der Waals surface area contributed by atoms with E-state index in [1.165, 1.54) is 40.9 Å². The summed E-state index contributed by atoms with van der Waals surface area (Å²) >= 11 is 7.37. The van der Waals surface area contributed by atoms with Crippen LogP contribution in [0.2, 0.25) is 5.02 Å². The van der Waals surface area contributed by atoms with E-state index in [4.69, 9.17) is 22.1 Å². The highest BCUT2D eigenvalue weighted by Crippen LogP contribution is 2.47. The Morgan fingerprint density at radius 1 is 0.914 bits per heavy atom. The number of hydrogen-bond acceptors (Lipinski definition) is 6. The van der Waals surface area contributed by atoms with Crippen LogP contribution in [0.1, 0.15) is 16.8 Å². The molecule has 35 heavy (non-hydrogen) atoms. The van der Waals surface area contributed by atoms with Crippen molar-refractivity contribution in [1.82, 2.24) is 5.32 Å². The lowest BCUT2D eigenvalue weighted by Crippen LogP contribution is -2.45. The van der Waals surface area contributed by atoms with E-state index >= 15 is 0 Å². The average Bonchev–Trinajstić information content (AvgIpc) is 2.85. The molecule has 3 amide bonds. The number of nitrogens with zero attached hydrogens (tertiary/aromatic N) is 1. The molecule has 3 N–H and O–H groups in total. The van der Waals surface area contributed by atoms with E-state index in [0.29, 0.717) is 16.4 Å². The molecule has 0 spiro atoms. The number of hydrogen-bond donors (Lipinski definition) is 2. The van der Waals surface area contributed by atoms with Gasteiger partial charge in [-0.1, -0.05) is 47.6 Å². The zero-order chi connectivity index (χ0) is 24.9. The normalized spacial score (nSPS) is 12.7. The largest absolute Gasteiger partial charge is 0.454 e. The number of benzene rings is 3. The molecule has 10 heteroatoms. The fraction of sp³-hybridized carbons (Fsp3) is 0.120. The Labute approximate surface area is 210 Å². The summed E-state index contributed by atoms with van der Waals surface area (Å²) in [6.07, 6.45) is -0.488. The van der Waals surface area contributed by atoms with E-state index in [1.807, 2.05) is 36.4 Å². The molecule has 1 unspecified atom stereocenters. The van der Waals surface area contributed by atoms with Crippen molar-refractivity contribution in [2.24, 2.45) is 5.73 Å². The van der Waals surface area contributed by atoms with Crippen molar-refractivity contribution in [2.75, 3.05) is 11.5 Å². The molecular weight excluding hydrogens is 490 g/mol. The number of nitrogens with two attached hydrogens (primary N) is 1. The Morgan fingerprint density at radius 3 is 2.06 bits per heavy atom. The number of primary amides is 1. The summed E-state index contributed by atoms with van der Waals surface area (Å²) in [7, 11) is 0. The number of amides is 3. The number of para-hydroxylation sites is 2. The van der Waals surface area contributed by atoms with Gasteiger partial charge in [0.25, 0.3) is 11.8 Å². The number of ether oxygens (including phenoxy) is 1. The number of carbonyl (C=O) groups is 4. The molecule has 0 saturated carbocycles. The van der Waals surface area contributed by atoms with Crippen molar-refractivity contribution >= 4 is 58.4 Å². The summed E-state index contributed by atoms with van der Waals surface area (Å²) in [5.41, 5.74) is 6.82. The number of anilines is 2. The standard InChI is InChI=1S/C25H20ClN3O5S/c26-16-11-9-15(10-12-16)24(32)28-17(13-22(27)30)25(33)34-14-23(31)29-18-5-1-3-7-20(18)35-21-8-4-2-6-19(21)29/h1-12,17H,13-14H2,(H2,27,30)(H,28,32). The van der Waals surface area contributed by atoms with Gasteiger partial charge in [-0.15, -0.1) is 0 Å². The number of rotatable bonds is 7. The van der Waals surface area contributed by atoms with Crippen molar-refractivity contribution in [3.8, 4) is 0 Å². The van der Waals surface area contributed by atoms with Gasteiger partial charge in [0.15, 0.2) is 6.61 Å². The van der Waals surface area contributed by atoms with Gasteiger partial charge in [-0.3, -0.25) is 19.3 Å². The monoisotopic (exact) mass is 509 g/mol. The van der Waals surface area contributed by atoms with Crippen LogP contribution in [-0.4, -0.2) is 36.3 Å². The Hall–Kier alpha value is -3.82. The van der Waals surface area contributed by atoms with Crippen molar-refractivity contribution in [3.63, 3.8) is 0 Å². The zero-order valence-corrected chi connectivity index (χ0v) is 19.8. The van der Waals surface area contributed by atoms with Gasteiger partial charge < -0.3 is 15.8 Å². The molecule has 3 aromatic carbocycles. The quantitative estimate of drug-likeness (QED) is 0.469. The van der Waals surface area contributed by atoms with E-state index in [0.717, 1.165) is 9.79 Å². The lowest BCUT2D eigenvalue weighted by molar-refractivity contribution is -0.150. The van der Waals surface area contributed by atoms with Crippen LogP contribution >= 0.6 is 23.4 Å². The molecule has 0 aliphatic carbocycles. The van der Waals surface area contributed by atoms with Crippen LogP contribution in [0.4, 0.5) is 11.4 Å². The number of nitrogens with one attached hydrogen (secondary N) is 1. The minimum Gasteiger partial charge on any atom is -0.454 e. The zero-order valence-electron chi connectivity index (χ0n) is 18.3. The Balaban J connectivity index is 1.48. The van der Waals surface area contributed by atoms with Crippen LogP contribution in [-0.2, 0) is 19.1 Å². The maximum atomic E-state index is 13.2. The number of esters is 1. The predicted molar refractivity (Wildman–Crippen MR) is 132 cm³/mol. The van der Waals surface area contributed by atoms with Crippen molar-refractivity contribution in [1.29, 1.82) is 0 Å². The highest BCUT2D eigenvalue weighted by molar-refractivity contribution is 7.99. The van der Waals surface area contributed by atoms with Crippen LogP contribution < -0.4 is 16.0 Å². The SMILES string of the molecule is NC(=O)CC(NC(=O)c1ccc(Cl)cc1)C(=O)OCC(=O)N1c2ccccc2Sc2ccccc21. The third-order valence-electron chi connectivity index (χ3n) is 5.12. The fourth-order valence-electron chi connectivity index (χ4n) is 3.51. The Kier molecular flexibility index (Phi) is 7.38. The third-order valence-corrected chi connectivity index (χ3v) is 6.50. The van der Waals surface area contributed by atoms with Gasteiger partial charge >= 0.3 is 5.97 Å². The van der Waals surface area contributed by atoms with E-state index in [2.05, 4.69) is 5.32 Å². The van der Waals surface area contributed by atoms with Gasteiger partial charge in [0, 0.05) is 20.4 Å². The van der Waals surface area contributed by atoms with Crippen LogP contribution in [0.3, 0.4) is 0 Å². The second-order valence-corrected chi connectivity index (χ2v) is 9.10. The minimum atomic E-state index is -1.36. The smallest absolute Gasteiger partial charge is 0.329 e. The first-order chi connectivity index (χ1) is 16.8. The van der Waals surface area contributed by atoms with E-state index in [9.17, 15) is 19.2 Å². The third kappa shape index (κ3) is 5.64. The van der Waals surface area contributed by atoms with Crippen molar-refractivity contribution < 1.29 is 23.9 Å². The number of fused-ring (bicyclic) bond motifs is 2. The molecule has 8 nitrogen and oxygen atoms in total. The van der Waals surface area contributed by atoms with Gasteiger partial charge in [-0.2, -0.15) is 0 Å². The highest BCUT2D eigenvalue weighted by atomic mass is 35.5.